The Labute approximate surface area is 91.4 Å². The molecule has 0 radical (unpaired) electrons. The molecule has 1 heterocycles. The van der Waals surface area contributed by atoms with E-state index in [0.717, 1.165) is 5.56 Å². The molecule has 1 unspecified atom stereocenters. The van der Waals surface area contributed by atoms with Crippen LogP contribution < -0.4 is 4.74 Å². The van der Waals surface area contributed by atoms with Gasteiger partial charge in [0.1, 0.15) is 5.75 Å². The standard InChI is InChI=1S/C11H11BrO2/c1-11(2)9(12)7-5-3-4-6-8(7)14-10(11)13/h3-6,9H,1-2H3. The van der Waals surface area contributed by atoms with Crippen molar-refractivity contribution in [1.82, 2.24) is 0 Å². The molecule has 1 aliphatic rings. The lowest BCUT2D eigenvalue weighted by Crippen LogP contribution is -2.36. The van der Waals surface area contributed by atoms with E-state index in [1.807, 2.05) is 38.1 Å². The Balaban J connectivity index is 2.55. The first-order valence-electron chi connectivity index (χ1n) is 4.49. The van der Waals surface area contributed by atoms with Crippen molar-refractivity contribution in [3.8, 4) is 5.75 Å². The highest BCUT2D eigenvalue weighted by atomic mass is 79.9. The number of hydrogen-bond donors (Lipinski definition) is 0. The summed E-state index contributed by atoms with van der Waals surface area (Å²) >= 11 is 3.55. The lowest BCUT2D eigenvalue weighted by molar-refractivity contribution is -0.145. The quantitative estimate of drug-likeness (QED) is 0.404. The largest absolute Gasteiger partial charge is 0.426 e. The van der Waals surface area contributed by atoms with Gasteiger partial charge < -0.3 is 4.74 Å². The number of halogens is 1. The van der Waals surface area contributed by atoms with E-state index >= 15 is 0 Å². The maximum Gasteiger partial charge on any atom is 0.318 e. The summed E-state index contributed by atoms with van der Waals surface area (Å²) in [6.07, 6.45) is 0. The molecule has 0 N–H and O–H groups in total. The Morgan fingerprint density at radius 3 is 2.71 bits per heavy atom. The van der Waals surface area contributed by atoms with Gasteiger partial charge in [-0.25, -0.2) is 0 Å². The van der Waals surface area contributed by atoms with E-state index in [0.29, 0.717) is 5.75 Å². The number of fused-ring (bicyclic) bond motifs is 1. The van der Waals surface area contributed by atoms with Crippen molar-refractivity contribution in [1.29, 1.82) is 0 Å². The molecule has 2 rings (SSSR count). The van der Waals surface area contributed by atoms with Gasteiger partial charge in [-0.3, -0.25) is 4.79 Å². The second-order valence-electron chi connectivity index (χ2n) is 4.01. The number of rotatable bonds is 0. The number of esters is 1. The minimum absolute atomic E-state index is 0.0208. The average molecular weight is 255 g/mol. The first-order valence-corrected chi connectivity index (χ1v) is 5.40. The molecule has 0 saturated heterocycles. The molecule has 1 aromatic carbocycles. The highest BCUT2D eigenvalue weighted by Crippen LogP contribution is 2.48. The van der Waals surface area contributed by atoms with E-state index < -0.39 is 5.41 Å². The second-order valence-corrected chi connectivity index (χ2v) is 4.93. The lowest BCUT2D eigenvalue weighted by atomic mass is 9.83. The Morgan fingerprint density at radius 2 is 2.00 bits per heavy atom. The molecule has 1 atom stereocenters. The van der Waals surface area contributed by atoms with Crippen LogP contribution in [0.4, 0.5) is 0 Å². The maximum atomic E-state index is 11.6. The molecule has 0 aliphatic carbocycles. The Morgan fingerprint density at radius 1 is 1.36 bits per heavy atom. The smallest absolute Gasteiger partial charge is 0.318 e. The summed E-state index contributed by atoms with van der Waals surface area (Å²) in [6.45, 7) is 3.76. The van der Waals surface area contributed by atoms with Gasteiger partial charge in [-0.05, 0) is 19.9 Å². The summed E-state index contributed by atoms with van der Waals surface area (Å²) in [5, 5.41) is 0. The van der Waals surface area contributed by atoms with E-state index in [1.165, 1.54) is 0 Å². The third-order valence-corrected chi connectivity index (χ3v) is 4.19. The molecule has 14 heavy (non-hydrogen) atoms. The summed E-state index contributed by atoms with van der Waals surface area (Å²) in [5.41, 5.74) is 0.533. The fourth-order valence-corrected chi connectivity index (χ4v) is 2.07. The van der Waals surface area contributed by atoms with Gasteiger partial charge in [0.15, 0.2) is 0 Å². The van der Waals surface area contributed by atoms with Crippen LogP contribution in [-0.4, -0.2) is 5.97 Å². The van der Waals surface area contributed by atoms with Gasteiger partial charge >= 0.3 is 5.97 Å². The number of carbonyl (C=O) groups excluding carboxylic acids is 1. The minimum atomic E-state index is -0.506. The van der Waals surface area contributed by atoms with Gasteiger partial charge in [0.05, 0.1) is 10.2 Å². The topological polar surface area (TPSA) is 26.3 Å². The fourth-order valence-electron chi connectivity index (χ4n) is 1.51. The number of carbonyl (C=O) groups is 1. The SMILES string of the molecule is CC1(C)C(=O)Oc2ccccc2C1Br. The zero-order valence-corrected chi connectivity index (χ0v) is 9.67. The van der Waals surface area contributed by atoms with E-state index in [4.69, 9.17) is 4.74 Å². The maximum absolute atomic E-state index is 11.6. The van der Waals surface area contributed by atoms with Gasteiger partial charge in [-0.2, -0.15) is 0 Å². The zero-order chi connectivity index (χ0) is 10.3. The van der Waals surface area contributed by atoms with Crippen molar-refractivity contribution in [3.05, 3.63) is 29.8 Å². The molecule has 1 aromatic rings. The molecule has 0 saturated carbocycles. The van der Waals surface area contributed by atoms with E-state index in [-0.39, 0.29) is 10.8 Å². The van der Waals surface area contributed by atoms with Crippen LogP contribution in [0.2, 0.25) is 0 Å². The van der Waals surface area contributed by atoms with Crippen molar-refractivity contribution < 1.29 is 9.53 Å². The van der Waals surface area contributed by atoms with Crippen molar-refractivity contribution in [2.24, 2.45) is 5.41 Å². The number of ether oxygens (including phenoxy) is 1. The van der Waals surface area contributed by atoms with Crippen LogP contribution in [0.1, 0.15) is 24.2 Å². The van der Waals surface area contributed by atoms with Crippen molar-refractivity contribution in [2.45, 2.75) is 18.7 Å². The predicted molar refractivity (Wildman–Crippen MR) is 57.5 cm³/mol. The predicted octanol–water partition coefficient (Wildman–Crippen LogP) is 3.07. The van der Waals surface area contributed by atoms with Crippen molar-refractivity contribution >= 4 is 21.9 Å². The normalized spacial score (nSPS) is 23.9. The zero-order valence-electron chi connectivity index (χ0n) is 8.08. The summed E-state index contributed by atoms with van der Waals surface area (Å²) in [5.74, 6) is 0.483. The fraction of sp³-hybridized carbons (Fsp3) is 0.364. The Bertz CT molecular complexity index is 385. The second kappa shape index (κ2) is 3.09. The molecule has 3 heteroatoms. The third kappa shape index (κ3) is 1.27. The molecule has 0 spiro atoms. The van der Waals surface area contributed by atoms with Gasteiger partial charge in [0, 0.05) is 5.56 Å². The van der Waals surface area contributed by atoms with Gasteiger partial charge in [0.2, 0.25) is 0 Å². The van der Waals surface area contributed by atoms with Crippen LogP contribution in [0.5, 0.6) is 5.75 Å². The van der Waals surface area contributed by atoms with Crippen LogP contribution >= 0.6 is 15.9 Å². The van der Waals surface area contributed by atoms with Crippen molar-refractivity contribution in [2.75, 3.05) is 0 Å². The molecular formula is C11H11BrO2. The first kappa shape index (κ1) is 9.71. The monoisotopic (exact) mass is 254 g/mol. The summed E-state index contributed by atoms with van der Waals surface area (Å²) in [7, 11) is 0. The number of benzene rings is 1. The average Bonchev–Trinajstić information content (AvgIpc) is 2.15. The Hall–Kier alpha value is -0.830. The van der Waals surface area contributed by atoms with Crippen LogP contribution in [0.25, 0.3) is 0 Å². The van der Waals surface area contributed by atoms with Crippen LogP contribution in [-0.2, 0) is 4.79 Å². The Kier molecular flexibility index (Phi) is 2.14. The summed E-state index contributed by atoms with van der Waals surface area (Å²) in [4.78, 5) is 11.7. The molecule has 0 aromatic heterocycles. The first-order chi connectivity index (χ1) is 6.53. The molecule has 2 nitrogen and oxygen atoms in total. The molecule has 1 aliphatic heterocycles. The molecule has 74 valence electrons. The van der Waals surface area contributed by atoms with E-state index in [1.54, 1.807) is 0 Å². The van der Waals surface area contributed by atoms with Gasteiger partial charge in [-0.1, -0.05) is 34.1 Å². The highest BCUT2D eigenvalue weighted by molar-refractivity contribution is 9.09. The van der Waals surface area contributed by atoms with E-state index in [9.17, 15) is 4.79 Å². The molecular weight excluding hydrogens is 244 g/mol. The van der Waals surface area contributed by atoms with Crippen LogP contribution in [0.3, 0.4) is 0 Å². The highest BCUT2D eigenvalue weighted by Gasteiger charge is 2.43. The molecule has 0 amide bonds. The lowest BCUT2D eigenvalue weighted by Gasteiger charge is -2.33. The van der Waals surface area contributed by atoms with E-state index in [2.05, 4.69) is 15.9 Å². The molecule has 0 fully saturated rings. The van der Waals surface area contributed by atoms with Crippen molar-refractivity contribution in [3.63, 3.8) is 0 Å². The third-order valence-electron chi connectivity index (χ3n) is 2.55. The number of hydrogen-bond acceptors (Lipinski definition) is 2. The van der Waals surface area contributed by atoms with Crippen LogP contribution in [0.15, 0.2) is 24.3 Å². The molecule has 0 bridgehead atoms. The van der Waals surface area contributed by atoms with Gasteiger partial charge in [-0.15, -0.1) is 0 Å². The minimum Gasteiger partial charge on any atom is -0.426 e. The number of para-hydroxylation sites is 1. The summed E-state index contributed by atoms with van der Waals surface area (Å²) < 4.78 is 5.25. The summed E-state index contributed by atoms with van der Waals surface area (Å²) in [6, 6.07) is 7.60. The van der Waals surface area contributed by atoms with Crippen LogP contribution in [0, 0.1) is 5.41 Å². The number of alkyl halides is 1. The van der Waals surface area contributed by atoms with Gasteiger partial charge in [0.25, 0.3) is 0 Å².